The predicted octanol–water partition coefficient (Wildman–Crippen LogP) is 8.49. The topological polar surface area (TPSA) is 9.23 Å². The number of rotatable bonds is 5. The molecule has 0 aliphatic heterocycles. The number of halogens is 7. The number of alkyl halides is 2. The monoisotopic (exact) mass is 476 g/mol. The van der Waals surface area contributed by atoms with Gasteiger partial charge in [-0.05, 0) is 61.1 Å². The molecule has 174 valence electrons. The van der Waals surface area contributed by atoms with E-state index in [2.05, 4.69) is 4.74 Å². The van der Waals surface area contributed by atoms with E-state index in [-0.39, 0.29) is 5.92 Å². The Morgan fingerprint density at radius 3 is 1.75 bits per heavy atom. The highest BCUT2D eigenvalue weighted by molar-refractivity contribution is 6.30. The molecule has 0 amide bonds. The van der Waals surface area contributed by atoms with Crippen LogP contribution in [0.15, 0.2) is 24.3 Å². The van der Waals surface area contributed by atoms with Crippen molar-refractivity contribution in [3.63, 3.8) is 0 Å². The molecule has 2 fully saturated rings. The molecule has 2 saturated carbocycles. The van der Waals surface area contributed by atoms with E-state index in [9.17, 15) is 26.3 Å². The fourth-order valence-electron chi connectivity index (χ4n) is 5.25. The van der Waals surface area contributed by atoms with Crippen LogP contribution >= 0.6 is 11.6 Å². The van der Waals surface area contributed by atoms with E-state index in [1.54, 1.807) is 0 Å². The highest BCUT2D eigenvalue weighted by Crippen LogP contribution is 2.45. The third-order valence-corrected chi connectivity index (χ3v) is 7.23. The third kappa shape index (κ3) is 4.73. The fraction of sp³-hybridized carbons (Fsp3) is 0.500. The number of hydrogen-bond donors (Lipinski definition) is 0. The van der Waals surface area contributed by atoms with Gasteiger partial charge in [0.25, 0.3) is 0 Å². The standard InChI is InChI=1S/C24H23ClF6O/c25-23-20(28)11-17(12-21(23)29)32-24(30,31)22-18(26)9-16(10-19(22)27)15-7-5-14(6-8-15)13-3-1-2-4-13/h9-15H,1-8H2. The van der Waals surface area contributed by atoms with Crippen molar-refractivity contribution in [3.05, 3.63) is 63.7 Å². The minimum absolute atomic E-state index is 0.0975. The van der Waals surface area contributed by atoms with E-state index in [4.69, 9.17) is 11.6 Å². The molecule has 0 saturated heterocycles. The number of ether oxygens (including phenoxy) is 1. The van der Waals surface area contributed by atoms with Gasteiger partial charge in [-0.15, -0.1) is 0 Å². The van der Waals surface area contributed by atoms with E-state index in [0.717, 1.165) is 43.7 Å². The van der Waals surface area contributed by atoms with Crippen molar-refractivity contribution in [2.75, 3.05) is 0 Å². The summed E-state index contributed by atoms with van der Waals surface area (Å²) >= 11 is 5.31. The number of benzene rings is 2. The van der Waals surface area contributed by atoms with Crippen molar-refractivity contribution >= 4 is 11.6 Å². The van der Waals surface area contributed by atoms with Gasteiger partial charge in [-0.3, -0.25) is 0 Å². The molecule has 2 aromatic carbocycles. The second-order valence-electron chi connectivity index (χ2n) is 8.84. The first-order valence-corrected chi connectivity index (χ1v) is 11.2. The SMILES string of the molecule is Fc1cc(OC(F)(F)c2c(F)cc(C3CCC(C4CCCC4)CC3)cc2F)cc(F)c1Cl. The van der Waals surface area contributed by atoms with Crippen molar-refractivity contribution < 1.29 is 31.1 Å². The molecule has 0 N–H and O–H groups in total. The van der Waals surface area contributed by atoms with Crippen molar-refractivity contribution in [1.82, 2.24) is 0 Å². The number of hydrogen-bond acceptors (Lipinski definition) is 1. The van der Waals surface area contributed by atoms with Crippen molar-refractivity contribution in [3.8, 4) is 5.75 Å². The Labute approximate surface area is 187 Å². The van der Waals surface area contributed by atoms with Gasteiger partial charge in [0.1, 0.15) is 39.6 Å². The summed E-state index contributed by atoms with van der Waals surface area (Å²) in [5, 5.41) is -0.898. The molecule has 0 bridgehead atoms. The molecule has 1 nitrogen and oxygen atoms in total. The van der Waals surface area contributed by atoms with E-state index < -0.39 is 45.7 Å². The van der Waals surface area contributed by atoms with Crippen LogP contribution in [0.1, 0.15) is 68.4 Å². The normalized spacial score (nSPS) is 22.3. The van der Waals surface area contributed by atoms with Crippen LogP contribution < -0.4 is 4.74 Å². The molecule has 0 atom stereocenters. The maximum atomic E-state index is 14.6. The quantitative estimate of drug-likeness (QED) is 0.310. The lowest BCUT2D eigenvalue weighted by Crippen LogP contribution is -2.26. The second-order valence-corrected chi connectivity index (χ2v) is 9.21. The summed E-state index contributed by atoms with van der Waals surface area (Å²) in [4.78, 5) is 0. The Morgan fingerprint density at radius 2 is 1.22 bits per heavy atom. The van der Waals surface area contributed by atoms with Crippen LogP contribution in [-0.4, -0.2) is 0 Å². The summed E-state index contributed by atoms with van der Waals surface area (Å²) in [6.07, 6.45) is 3.96. The van der Waals surface area contributed by atoms with Gasteiger partial charge in [0, 0.05) is 12.1 Å². The maximum Gasteiger partial charge on any atom is 0.432 e. The van der Waals surface area contributed by atoms with Gasteiger partial charge >= 0.3 is 6.11 Å². The van der Waals surface area contributed by atoms with Crippen molar-refractivity contribution in [2.45, 2.75) is 63.4 Å². The van der Waals surface area contributed by atoms with Gasteiger partial charge < -0.3 is 4.74 Å². The van der Waals surface area contributed by atoms with Crippen molar-refractivity contribution in [1.29, 1.82) is 0 Å². The molecule has 0 spiro atoms. The molecule has 0 aromatic heterocycles. The maximum absolute atomic E-state index is 14.6. The average Bonchev–Trinajstić information content (AvgIpc) is 3.26. The minimum atomic E-state index is -4.49. The molecule has 2 aliphatic carbocycles. The molecule has 32 heavy (non-hydrogen) atoms. The smallest absolute Gasteiger partial charge is 0.429 e. The second kappa shape index (κ2) is 9.16. The molecule has 8 heteroatoms. The van der Waals surface area contributed by atoms with E-state index in [1.807, 2.05) is 0 Å². The largest absolute Gasteiger partial charge is 0.432 e. The zero-order valence-corrected chi connectivity index (χ0v) is 18.0. The Bertz CT molecular complexity index is 934. The highest BCUT2D eigenvalue weighted by atomic mass is 35.5. The summed E-state index contributed by atoms with van der Waals surface area (Å²) in [6.45, 7) is 0. The molecule has 0 radical (unpaired) electrons. The molecular weight excluding hydrogens is 454 g/mol. The van der Waals surface area contributed by atoms with Crippen LogP contribution in [-0.2, 0) is 6.11 Å². The fourth-order valence-corrected chi connectivity index (χ4v) is 5.36. The first-order chi connectivity index (χ1) is 15.2. The minimum Gasteiger partial charge on any atom is -0.429 e. The summed E-state index contributed by atoms with van der Waals surface area (Å²) in [5.41, 5.74) is -1.26. The molecular formula is C24H23ClF6O. The zero-order valence-electron chi connectivity index (χ0n) is 17.3. The van der Waals surface area contributed by atoms with Crippen LogP contribution in [0.5, 0.6) is 5.75 Å². The lowest BCUT2D eigenvalue weighted by Gasteiger charge is -2.32. The van der Waals surface area contributed by atoms with E-state index >= 15 is 0 Å². The lowest BCUT2D eigenvalue weighted by atomic mass is 9.73. The Hall–Kier alpha value is -1.89. The lowest BCUT2D eigenvalue weighted by molar-refractivity contribution is -0.189. The highest BCUT2D eigenvalue weighted by Gasteiger charge is 2.42. The first kappa shape index (κ1) is 23.3. The summed E-state index contributed by atoms with van der Waals surface area (Å²) in [7, 11) is 0. The van der Waals surface area contributed by atoms with Crippen molar-refractivity contribution in [2.24, 2.45) is 11.8 Å². The van der Waals surface area contributed by atoms with Gasteiger partial charge in [0.2, 0.25) is 0 Å². The molecule has 2 aromatic rings. The molecule has 2 aliphatic rings. The summed E-state index contributed by atoms with van der Waals surface area (Å²) in [6, 6.07) is 2.68. The van der Waals surface area contributed by atoms with Gasteiger partial charge in [-0.1, -0.05) is 37.3 Å². The Kier molecular flexibility index (Phi) is 6.66. The zero-order chi connectivity index (χ0) is 23.0. The third-order valence-electron chi connectivity index (χ3n) is 6.87. The van der Waals surface area contributed by atoms with Crippen LogP contribution in [0, 0.1) is 35.1 Å². The molecule has 0 unspecified atom stereocenters. The molecule has 4 rings (SSSR count). The van der Waals surface area contributed by atoms with Gasteiger partial charge in [-0.25, -0.2) is 17.6 Å². The predicted molar refractivity (Wildman–Crippen MR) is 109 cm³/mol. The van der Waals surface area contributed by atoms with Gasteiger partial charge in [-0.2, -0.15) is 8.78 Å². The van der Waals surface area contributed by atoms with E-state index in [0.29, 0.717) is 23.6 Å². The van der Waals surface area contributed by atoms with Crippen LogP contribution in [0.4, 0.5) is 26.3 Å². The summed E-state index contributed by atoms with van der Waals surface area (Å²) in [5.74, 6) is -5.27. The average molecular weight is 477 g/mol. The first-order valence-electron chi connectivity index (χ1n) is 10.9. The van der Waals surface area contributed by atoms with Gasteiger partial charge in [0.15, 0.2) is 0 Å². The van der Waals surface area contributed by atoms with Crippen LogP contribution in [0.25, 0.3) is 0 Å². The van der Waals surface area contributed by atoms with Gasteiger partial charge in [0.05, 0.1) is 0 Å². The Balaban J connectivity index is 1.51. The molecule has 0 heterocycles. The van der Waals surface area contributed by atoms with E-state index in [1.165, 1.54) is 25.7 Å². The van der Waals surface area contributed by atoms with Crippen LogP contribution in [0.2, 0.25) is 5.02 Å². The van der Waals surface area contributed by atoms with Crippen LogP contribution in [0.3, 0.4) is 0 Å². The summed E-state index contributed by atoms with van der Waals surface area (Å²) < 4.78 is 89.7. The Morgan fingerprint density at radius 1 is 0.719 bits per heavy atom.